The van der Waals surface area contributed by atoms with Gasteiger partial charge in [0.25, 0.3) is 0 Å². The van der Waals surface area contributed by atoms with Crippen molar-refractivity contribution in [1.82, 2.24) is 20.5 Å². The Labute approximate surface area is 100 Å². The molecule has 3 rings (SSSR count). The number of H-pyrrole nitrogens is 1. The Morgan fingerprint density at radius 2 is 2.12 bits per heavy atom. The van der Waals surface area contributed by atoms with Gasteiger partial charge in [0.2, 0.25) is 0 Å². The highest BCUT2D eigenvalue weighted by Gasteiger charge is 2.29. The summed E-state index contributed by atoms with van der Waals surface area (Å²) in [6, 6.07) is -0.227. The van der Waals surface area contributed by atoms with E-state index in [0.29, 0.717) is 18.3 Å². The predicted octanol–water partition coefficient (Wildman–Crippen LogP) is 0.131. The van der Waals surface area contributed by atoms with Crippen molar-refractivity contribution in [1.29, 1.82) is 0 Å². The second-order valence-electron chi connectivity index (χ2n) is 4.83. The first kappa shape index (κ1) is 11.2. The van der Waals surface area contributed by atoms with E-state index < -0.39 is 9.84 Å². The van der Waals surface area contributed by atoms with E-state index in [9.17, 15) is 8.42 Å². The van der Waals surface area contributed by atoms with Crippen LogP contribution in [0.2, 0.25) is 0 Å². The second kappa shape index (κ2) is 4.06. The third-order valence-electron chi connectivity index (χ3n) is 3.54. The molecular formula is C10H16N4O2S. The number of nitrogens with one attached hydrogen (secondary N) is 2. The zero-order valence-corrected chi connectivity index (χ0v) is 10.3. The molecule has 1 unspecified atom stereocenters. The molecule has 2 fully saturated rings. The Morgan fingerprint density at radius 1 is 1.29 bits per heavy atom. The highest BCUT2D eigenvalue weighted by Crippen LogP contribution is 2.34. The normalized spacial score (nSPS) is 28.8. The van der Waals surface area contributed by atoms with Gasteiger partial charge in [-0.2, -0.15) is 5.10 Å². The van der Waals surface area contributed by atoms with E-state index in [1.54, 1.807) is 0 Å². The summed E-state index contributed by atoms with van der Waals surface area (Å²) < 4.78 is 23.1. The van der Waals surface area contributed by atoms with Crippen LogP contribution < -0.4 is 5.32 Å². The number of hydrogen-bond acceptors (Lipinski definition) is 5. The molecule has 1 aliphatic carbocycles. The van der Waals surface area contributed by atoms with Crippen molar-refractivity contribution in [3.63, 3.8) is 0 Å². The third-order valence-corrected chi connectivity index (χ3v) is 5.21. The second-order valence-corrected chi connectivity index (χ2v) is 7.06. The van der Waals surface area contributed by atoms with Crippen LogP contribution >= 0.6 is 0 Å². The van der Waals surface area contributed by atoms with Gasteiger partial charge >= 0.3 is 0 Å². The maximum Gasteiger partial charge on any atom is 0.153 e. The highest BCUT2D eigenvalue weighted by molar-refractivity contribution is 7.91. The van der Waals surface area contributed by atoms with Crippen LogP contribution in [-0.4, -0.2) is 41.6 Å². The van der Waals surface area contributed by atoms with Crippen molar-refractivity contribution in [2.75, 3.05) is 18.1 Å². The summed E-state index contributed by atoms with van der Waals surface area (Å²) in [6.45, 7) is 0.493. The maximum atomic E-state index is 11.5. The molecule has 2 N–H and O–H groups in total. The summed E-state index contributed by atoms with van der Waals surface area (Å²) in [5.74, 6) is 2.31. The molecule has 7 heteroatoms. The molecule has 6 nitrogen and oxygen atoms in total. The number of rotatable bonds is 2. The number of hydrogen-bond donors (Lipinski definition) is 2. The Kier molecular flexibility index (Phi) is 2.67. The zero-order valence-electron chi connectivity index (χ0n) is 9.52. The summed E-state index contributed by atoms with van der Waals surface area (Å²) >= 11 is 0. The standard InChI is InChI=1S/C10H16N4O2S/c15-17(16)5-4-11-8(6-17)10-12-9(13-14-10)7-2-1-3-7/h7-8,11H,1-6H2,(H,12,13,14). The summed E-state index contributed by atoms with van der Waals surface area (Å²) in [6.07, 6.45) is 3.53. The van der Waals surface area contributed by atoms with Crippen LogP contribution in [0.1, 0.15) is 42.9 Å². The van der Waals surface area contributed by atoms with Crippen molar-refractivity contribution in [2.24, 2.45) is 0 Å². The fraction of sp³-hybridized carbons (Fsp3) is 0.800. The van der Waals surface area contributed by atoms with E-state index in [-0.39, 0.29) is 17.5 Å². The van der Waals surface area contributed by atoms with Gasteiger partial charge in [0.1, 0.15) is 5.82 Å². The molecule has 1 aliphatic heterocycles. The monoisotopic (exact) mass is 256 g/mol. The Bertz CT molecular complexity index is 506. The number of sulfone groups is 1. The van der Waals surface area contributed by atoms with Gasteiger partial charge in [-0.25, -0.2) is 13.4 Å². The van der Waals surface area contributed by atoms with Crippen molar-refractivity contribution in [3.8, 4) is 0 Å². The van der Waals surface area contributed by atoms with E-state index in [2.05, 4.69) is 20.5 Å². The molecule has 17 heavy (non-hydrogen) atoms. The molecule has 0 aromatic carbocycles. The van der Waals surface area contributed by atoms with Gasteiger partial charge in [-0.3, -0.25) is 5.10 Å². The first-order valence-electron chi connectivity index (χ1n) is 6.00. The molecule has 1 saturated heterocycles. The molecule has 1 atom stereocenters. The average molecular weight is 256 g/mol. The Morgan fingerprint density at radius 3 is 2.76 bits per heavy atom. The largest absolute Gasteiger partial charge is 0.305 e. The molecule has 94 valence electrons. The van der Waals surface area contributed by atoms with Crippen LogP contribution in [0.3, 0.4) is 0 Å². The molecule has 2 aliphatic rings. The molecule has 2 heterocycles. The van der Waals surface area contributed by atoms with Crippen LogP contribution in [0.5, 0.6) is 0 Å². The topological polar surface area (TPSA) is 87.7 Å². The molecule has 1 aromatic rings. The quantitative estimate of drug-likeness (QED) is 0.785. The summed E-state index contributed by atoms with van der Waals surface area (Å²) in [5, 5.41) is 10.2. The van der Waals surface area contributed by atoms with E-state index in [1.165, 1.54) is 6.42 Å². The minimum Gasteiger partial charge on any atom is -0.305 e. The lowest BCUT2D eigenvalue weighted by molar-refractivity contribution is 0.402. The Hall–Kier alpha value is -0.950. The van der Waals surface area contributed by atoms with Crippen molar-refractivity contribution in [3.05, 3.63) is 11.6 Å². The first-order valence-corrected chi connectivity index (χ1v) is 7.82. The van der Waals surface area contributed by atoms with Crippen LogP contribution in [0.25, 0.3) is 0 Å². The molecule has 0 bridgehead atoms. The van der Waals surface area contributed by atoms with Gasteiger partial charge in [0.05, 0.1) is 17.5 Å². The van der Waals surface area contributed by atoms with Gasteiger partial charge in [0, 0.05) is 12.5 Å². The van der Waals surface area contributed by atoms with Crippen LogP contribution in [0.15, 0.2) is 0 Å². The molecule has 0 spiro atoms. The van der Waals surface area contributed by atoms with Gasteiger partial charge in [-0.1, -0.05) is 6.42 Å². The van der Waals surface area contributed by atoms with E-state index in [1.807, 2.05) is 0 Å². The SMILES string of the molecule is O=S1(=O)CCNC(c2nc(C3CCC3)n[nH]2)C1. The molecule has 1 aromatic heterocycles. The molecule has 0 radical (unpaired) electrons. The minimum atomic E-state index is -2.93. The van der Waals surface area contributed by atoms with Crippen molar-refractivity contribution in [2.45, 2.75) is 31.2 Å². The average Bonchev–Trinajstić information content (AvgIpc) is 2.62. The lowest BCUT2D eigenvalue weighted by Crippen LogP contribution is -2.39. The van der Waals surface area contributed by atoms with E-state index in [0.717, 1.165) is 18.7 Å². The van der Waals surface area contributed by atoms with Gasteiger partial charge in [0.15, 0.2) is 15.7 Å². The smallest absolute Gasteiger partial charge is 0.153 e. The minimum absolute atomic E-state index is 0.117. The number of nitrogens with zero attached hydrogens (tertiary/aromatic N) is 2. The predicted molar refractivity (Wildman–Crippen MR) is 62.4 cm³/mol. The summed E-state index contributed by atoms with van der Waals surface area (Å²) in [4.78, 5) is 4.43. The number of aromatic nitrogens is 3. The van der Waals surface area contributed by atoms with E-state index in [4.69, 9.17) is 0 Å². The van der Waals surface area contributed by atoms with Crippen LogP contribution in [0, 0.1) is 0 Å². The fourth-order valence-electron chi connectivity index (χ4n) is 2.25. The Balaban J connectivity index is 1.77. The van der Waals surface area contributed by atoms with Gasteiger partial charge in [-0.05, 0) is 12.8 Å². The summed E-state index contributed by atoms with van der Waals surface area (Å²) in [5.41, 5.74) is 0. The highest BCUT2D eigenvalue weighted by atomic mass is 32.2. The number of aromatic amines is 1. The molecule has 1 saturated carbocycles. The lowest BCUT2D eigenvalue weighted by Gasteiger charge is -2.22. The molecule has 0 amide bonds. The van der Waals surface area contributed by atoms with Gasteiger partial charge in [-0.15, -0.1) is 0 Å². The third kappa shape index (κ3) is 2.21. The lowest BCUT2D eigenvalue weighted by atomic mass is 9.85. The van der Waals surface area contributed by atoms with E-state index >= 15 is 0 Å². The molecular weight excluding hydrogens is 240 g/mol. The van der Waals surface area contributed by atoms with Crippen LogP contribution in [0.4, 0.5) is 0 Å². The van der Waals surface area contributed by atoms with Gasteiger partial charge < -0.3 is 5.32 Å². The maximum absolute atomic E-state index is 11.5. The summed E-state index contributed by atoms with van der Waals surface area (Å²) in [7, 11) is -2.93. The van der Waals surface area contributed by atoms with Crippen LogP contribution in [-0.2, 0) is 9.84 Å². The fourth-order valence-corrected chi connectivity index (χ4v) is 3.63. The first-order chi connectivity index (χ1) is 8.14. The van der Waals surface area contributed by atoms with Crippen molar-refractivity contribution >= 4 is 9.84 Å². The van der Waals surface area contributed by atoms with Crippen molar-refractivity contribution < 1.29 is 8.42 Å². The zero-order chi connectivity index (χ0) is 11.9.